The molecule has 106 valence electrons. The lowest BCUT2D eigenvalue weighted by Crippen LogP contribution is -2.27. The highest BCUT2D eigenvalue weighted by Gasteiger charge is 2.15. The van der Waals surface area contributed by atoms with Gasteiger partial charge in [0.05, 0.1) is 0 Å². The largest absolute Gasteiger partial charge is 0.371 e. The number of anilines is 1. The predicted octanol–water partition coefficient (Wildman–Crippen LogP) is 4.00. The fourth-order valence-electron chi connectivity index (χ4n) is 2.76. The van der Waals surface area contributed by atoms with E-state index >= 15 is 0 Å². The summed E-state index contributed by atoms with van der Waals surface area (Å²) in [5.74, 6) is 0. The molecule has 1 aliphatic rings. The molecule has 1 heterocycles. The lowest BCUT2D eigenvalue weighted by Gasteiger charge is -2.26. The van der Waals surface area contributed by atoms with Crippen LogP contribution in [0.3, 0.4) is 0 Å². The van der Waals surface area contributed by atoms with E-state index in [9.17, 15) is 0 Å². The van der Waals surface area contributed by atoms with Gasteiger partial charge in [-0.05, 0) is 49.4 Å². The van der Waals surface area contributed by atoms with E-state index < -0.39 is 0 Å². The van der Waals surface area contributed by atoms with Crippen molar-refractivity contribution in [2.75, 3.05) is 18.0 Å². The molecule has 1 fully saturated rings. The molecular formula is C16H25ClN2. The van der Waals surface area contributed by atoms with Crippen LogP contribution < -0.4 is 10.6 Å². The molecule has 19 heavy (non-hydrogen) atoms. The van der Waals surface area contributed by atoms with Crippen molar-refractivity contribution in [1.82, 2.24) is 0 Å². The van der Waals surface area contributed by atoms with Crippen molar-refractivity contribution >= 4 is 17.3 Å². The summed E-state index contributed by atoms with van der Waals surface area (Å²) in [5.41, 5.74) is 8.77. The van der Waals surface area contributed by atoms with Gasteiger partial charge in [-0.15, -0.1) is 0 Å². The van der Waals surface area contributed by atoms with Crippen LogP contribution in [0.25, 0.3) is 0 Å². The fraction of sp³-hybridized carbons (Fsp3) is 0.625. The number of nitrogens with zero attached hydrogens (tertiary/aromatic N) is 1. The zero-order valence-electron chi connectivity index (χ0n) is 11.9. The maximum atomic E-state index is 6.16. The van der Waals surface area contributed by atoms with E-state index in [-0.39, 0.29) is 6.04 Å². The fourth-order valence-corrected chi connectivity index (χ4v) is 2.96. The minimum absolute atomic E-state index is 0.226. The zero-order chi connectivity index (χ0) is 13.7. The van der Waals surface area contributed by atoms with Crippen LogP contribution in [0.4, 0.5) is 5.69 Å². The van der Waals surface area contributed by atoms with Gasteiger partial charge in [-0.2, -0.15) is 0 Å². The van der Waals surface area contributed by atoms with Crippen LogP contribution in [0.5, 0.6) is 0 Å². The smallest absolute Gasteiger partial charge is 0.0410 e. The van der Waals surface area contributed by atoms with Gasteiger partial charge >= 0.3 is 0 Å². The molecule has 0 amide bonds. The molecule has 2 N–H and O–H groups in total. The minimum Gasteiger partial charge on any atom is -0.371 e. The van der Waals surface area contributed by atoms with Crippen molar-refractivity contribution in [3.05, 3.63) is 28.8 Å². The second-order valence-corrected chi connectivity index (χ2v) is 5.98. The van der Waals surface area contributed by atoms with E-state index in [1.54, 1.807) is 0 Å². The Morgan fingerprint density at radius 3 is 2.53 bits per heavy atom. The van der Waals surface area contributed by atoms with Crippen LogP contribution in [0, 0.1) is 0 Å². The number of nitrogens with two attached hydrogens (primary N) is 1. The first-order valence-corrected chi connectivity index (χ1v) is 7.87. The van der Waals surface area contributed by atoms with Gasteiger partial charge in [0.25, 0.3) is 0 Å². The van der Waals surface area contributed by atoms with Crippen LogP contribution >= 0.6 is 11.6 Å². The van der Waals surface area contributed by atoms with Gasteiger partial charge in [0.2, 0.25) is 0 Å². The average molecular weight is 281 g/mol. The first-order valence-electron chi connectivity index (χ1n) is 7.49. The van der Waals surface area contributed by atoms with E-state index in [2.05, 4.69) is 24.0 Å². The van der Waals surface area contributed by atoms with Crippen molar-refractivity contribution in [2.24, 2.45) is 5.73 Å². The molecule has 0 bridgehead atoms. The van der Waals surface area contributed by atoms with Gasteiger partial charge < -0.3 is 10.6 Å². The number of hydrogen-bond donors (Lipinski definition) is 1. The Balaban J connectivity index is 2.21. The number of hydrogen-bond acceptors (Lipinski definition) is 2. The predicted molar refractivity (Wildman–Crippen MR) is 84.1 cm³/mol. The molecule has 0 aliphatic carbocycles. The van der Waals surface area contributed by atoms with Crippen molar-refractivity contribution in [3.8, 4) is 0 Å². The monoisotopic (exact) mass is 280 g/mol. The van der Waals surface area contributed by atoms with Gasteiger partial charge in [-0.25, -0.2) is 0 Å². The highest BCUT2D eigenvalue weighted by atomic mass is 35.5. The van der Waals surface area contributed by atoms with Crippen molar-refractivity contribution in [3.63, 3.8) is 0 Å². The zero-order valence-corrected chi connectivity index (χ0v) is 12.6. The topological polar surface area (TPSA) is 29.3 Å². The molecule has 1 aliphatic heterocycles. The lowest BCUT2D eigenvalue weighted by atomic mass is 10.0. The molecule has 2 rings (SSSR count). The Bertz CT molecular complexity index is 398. The molecule has 2 nitrogen and oxygen atoms in total. The third-order valence-electron chi connectivity index (χ3n) is 3.99. The molecule has 1 aromatic rings. The van der Waals surface area contributed by atoms with Gasteiger partial charge in [0, 0.05) is 29.8 Å². The first-order chi connectivity index (χ1) is 9.20. The van der Waals surface area contributed by atoms with Gasteiger partial charge in [0.15, 0.2) is 0 Å². The maximum absolute atomic E-state index is 6.16. The lowest BCUT2D eigenvalue weighted by molar-refractivity contribution is 0.643. The molecular weight excluding hydrogens is 256 g/mol. The van der Waals surface area contributed by atoms with Crippen molar-refractivity contribution < 1.29 is 0 Å². The molecule has 1 atom stereocenters. The molecule has 0 spiro atoms. The SMILES string of the molecule is CCC(N)Cc1cc(Cl)ccc1N1CCCCCC1. The number of benzene rings is 1. The third kappa shape index (κ3) is 4.12. The number of halogens is 1. The summed E-state index contributed by atoms with van der Waals surface area (Å²) >= 11 is 6.16. The van der Waals surface area contributed by atoms with E-state index in [0.717, 1.165) is 31.0 Å². The Morgan fingerprint density at radius 1 is 1.21 bits per heavy atom. The average Bonchev–Trinajstić information content (AvgIpc) is 2.67. The molecule has 0 aromatic heterocycles. The number of rotatable bonds is 4. The highest BCUT2D eigenvalue weighted by molar-refractivity contribution is 6.30. The summed E-state index contributed by atoms with van der Waals surface area (Å²) in [6, 6.07) is 6.50. The molecule has 1 saturated heterocycles. The van der Waals surface area contributed by atoms with Crippen molar-refractivity contribution in [1.29, 1.82) is 0 Å². The molecule has 1 unspecified atom stereocenters. The second kappa shape index (κ2) is 7.16. The molecule has 0 saturated carbocycles. The summed E-state index contributed by atoms with van der Waals surface area (Å²) in [4.78, 5) is 2.51. The van der Waals surface area contributed by atoms with E-state index in [0.29, 0.717) is 0 Å². The molecule has 0 radical (unpaired) electrons. The minimum atomic E-state index is 0.226. The van der Waals surface area contributed by atoms with Crippen LogP contribution in [0.1, 0.15) is 44.6 Å². The Kier molecular flexibility index (Phi) is 5.53. The van der Waals surface area contributed by atoms with Gasteiger partial charge in [0.1, 0.15) is 0 Å². The molecule has 3 heteroatoms. The normalized spacial score (nSPS) is 18.2. The summed E-state index contributed by atoms with van der Waals surface area (Å²) in [7, 11) is 0. The first kappa shape index (κ1) is 14.7. The van der Waals surface area contributed by atoms with E-state index in [1.807, 2.05) is 6.07 Å². The van der Waals surface area contributed by atoms with Crippen LogP contribution in [0.15, 0.2) is 18.2 Å². The highest BCUT2D eigenvalue weighted by Crippen LogP contribution is 2.27. The van der Waals surface area contributed by atoms with Crippen molar-refractivity contribution in [2.45, 2.75) is 51.5 Å². The third-order valence-corrected chi connectivity index (χ3v) is 4.23. The summed E-state index contributed by atoms with van der Waals surface area (Å²) < 4.78 is 0. The Hall–Kier alpha value is -0.730. The van der Waals surface area contributed by atoms with Gasteiger partial charge in [-0.3, -0.25) is 0 Å². The Labute approximate surface area is 121 Å². The quantitative estimate of drug-likeness (QED) is 0.903. The van der Waals surface area contributed by atoms with Crippen LogP contribution in [0.2, 0.25) is 5.02 Å². The van der Waals surface area contributed by atoms with E-state index in [4.69, 9.17) is 17.3 Å². The van der Waals surface area contributed by atoms with Crippen LogP contribution in [-0.4, -0.2) is 19.1 Å². The standard InChI is InChI=1S/C16H25ClN2/c1-2-15(18)12-13-11-14(17)7-8-16(13)19-9-5-3-4-6-10-19/h7-8,11,15H,2-6,9-10,12,18H2,1H3. The van der Waals surface area contributed by atoms with Gasteiger partial charge in [-0.1, -0.05) is 31.4 Å². The molecule has 1 aromatic carbocycles. The Morgan fingerprint density at radius 2 is 1.89 bits per heavy atom. The maximum Gasteiger partial charge on any atom is 0.0410 e. The summed E-state index contributed by atoms with van der Waals surface area (Å²) in [6.45, 7) is 4.47. The summed E-state index contributed by atoms with van der Waals surface area (Å²) in [5, 5.41) is 0.817. The second-order valence-electron chi connectivity index (χ2n) is 5.55. The van der Waals surface area contributed by atoms with E-state index in [1.165, 1.54) is 36.9 Å². The summed E-state index contributed by atoms with van der Waals surface area (Å²) in [6.07, 6.45) is 7.22. The van der Waals surface area contributed by atoms with Crippen LogP contribution in [-0.2, 0) is 6.42 Å².